The van der Waals surface area contributed by atoms with E-state index in [1.165, 1.54) is 0 Å². The van der Waals surface area contributed by atoms with Crippen molar-refractivity contribution >= 4 is 29.1 Å². The van der Waals surface area contributed by atoms with Crippen molar-refractivity contribution in [3.05, 3.63) is 53.4 Å². The minimum absolute atomic E-state index is 0.0456. The van der Waals surface area contributed by atoms with Gasteiger partial charge in [0.15, 0.2) is 0 Å². The number of furan rings is 1. The molecule has 0 unspecified atom stereocenters. The van der Waals surface area contributed by atoms with Crippen LogP contribution in [0.1, 0.15) is 12.2 Å². The highest BCUT2D eigenvalue weighted by molar-refractivity contribution is 6.33. The fourth-order valence-electron chi connectivity index (χ4n) is 2.49. The zero-order valence-electron chi connectivity index (χ0n) is 11.8. The third-order valence-corrected chi connectivity index (χ3v) is 3.97. The Morgan fingerprint density at radius 3 is 2.86 bits per heavy atom. The number of carbonyl (C=O) groups is 2. The van der Waals surface area contributed by atoms with Gasteiger partial charge in [-0.05, 0) is 24.3 Å². The largest absolute Gasteiger partial charge is 0.467 e. The van der Waals surface area contributed by atoms with E-state index in [0.717, 1.165) is 0 Å². The van der Waals surface area contributed by atoms with Gasteiger partial charge in [-0.2, -0.15) is 0 Å². The molecule has 0 radical (unpaired) electrons. The van der Waals surface area contributed by atoms with Crippen molar-refractivity contribution in [3.63, 3.8) is 0 Å². The van der Waals surface area contributed by atoms with Crippen molar-refractivity contribution in [3.8, 4) is 0 Å². The number of rotatable bonds is 4. The number of likely N-dealkylation sites (tertiary alicyclic amines) is 1. The smallest absolute Gasteiger partial charge is 0.229 e. The van der Waals surface area contributed by atoms with Gasteiger partial charge in [-0.25, -0.2) is 0 Å². The van der Waals surface area contributed by atoms with Crippen molar-refractivity contribution in [2.24, 2.45) is 5.92 Å². The van der Waals surface area contributed by atoms with Gasteiger partial charge < -0.3 is 14.6 Å². The number of para-hydroxylation sites is 1. The van der Waals surface area contributed by atoms with Crippen LogP contribution in [0.25, 0.3) is 0 Å². The number of hydrogen-bond acceptors (Lipinski definition) is 3. The van der Waals surface area contributed by atoms with E-state index >= 15 is 0 Å². The predicted molar refractivity (Wildman–Crippen MR) is 82.3 cm³/mol. The molecule has 0 bridgehead atoms. The molecule has 2 aromatic rings. The van der Waals surface area contributed by atoms with Crippen LogP contribution in [0, 0.1) is 5.92 Å². The summed E-state index contributed by atoms with van der Waals surface area (Å²) in [4.78, 5) is 25.9. The van der Waals surface area contributed by atoms with Crippen LogP contribution >= 0.6 is 11.6 Å². The second-order valence-electron chi connectivity index (χ2n) is 5.22. The van der Waals surface area contributed by atoms with Gasteiger partial charge in [0.1, 0.15) is 5.76 Å². The molecule has 5 nitrogen and oxygen atoms in total. The summed E-state index contributed by atoms with van der Waals surface area (Å²) >= 11 is 6.02. The molecule has 1 aliphatic rings. The number of hydrogen-bond donors (Lipinski definition) is 1. The fraction of sp³-hybridized carbons (Fsp3) is 0.250. The normalized spacial score (nSPS) is 17.8. The Morgan fingerprint density at radius 2 is 2.14 bits per heavy atom. The van der Waals surface area contributed by atoms with Crippen LogP contribution in [-0.4, -0.2) is 23.3 Å². The number of halogens is 1. The highest BCUT2D eigenvalue weighted by atomic mass is 35.5. The summed E-state index contributed by atoms with van der Waals surface area (Å²) in [5, 5.41) is 3.26. The molecular formula is C16H15ClN2O3. The van der Waals surface area contributed by atoms with Crippen LogP contribution in [-0.2, 0) is 16.1 Å². The van der Waals surface area contributed by atoms with E-state index in [1.807, 2.05) is 6.07 Å². The zero-order chi connectivity index (χ0) is 15.5. The first-order valence-corrected chi connectivity index (χ1v) is 7.37. The van der Waals surface area contributed by atoms with Crippen LogP contribution in [0.5, 0.6) is 0 Å². The predicted octanol–water partition coefficient (Wildman–Crippen LogP) is 2.92. The van der Waals surface area contributed by atoms with Gasteiger partial charge in [0.05, 0.1) is 29.4 Å². The monoisotopic (exact) mass is 318 g/mol. The zero-order valence-corrected chi connectivity index (χ0v) is 12.5. The average Bonchev–Trinajstić information content (AvgIpc) is 3.13. The van der Waals surface area contributed by atoms with Crippen molar-refractivity contribution < 1.29 is 14.0 Å². The average molecular weight is 319 g/mol. The SMILES string of the molecule is O=C(Nc1ccccc1Cl)[C@H]1CC(=O)N(Cc2ccco2)C1. The molecule has 0 aliphatic carbocycles. The van der Waals surface area contributed by atoms with E-state index in [1.54, 1.807) is 41.5 Å². The van der Waals surface area contributed by atoms with E-state index in [0.29, 0.717) is 29.6 Å². The Balaban J connectivity index is 1.62. The first-order chi connectivity index (χ1) is 10.6. The molecule has 3 rings (SSSR count). The molecule has 2 amide bonds. The molecule has 0 saturated carbocycles. The fourth-order valence-corrected chi connectivity index (χ4v) is 2.67. The van der Waals surface area contributed by atoms with Gasteiger partial charge in [-0.15, -0.1) is 0 Å². The number of nitrogens with one attached hydrogen (secondary N) is 1. The minimum Gasteiger partial charge on any atom is -0.467 e. The summed E-state index contributed by atoms with van der Waals surface area (Å²) in [6, 6.07) is 10.6. The Bertz CT molecular complexity index is 684. The van der Waals surface area contributed by atoms with E-state index in [2.05, 4.69) is 5.32 Å². The first-order valence-electron chi connectivity index (χ1n) is 6.99. The van der Waals surface area contributed by atoms with Gasteiger partial charge in [-0.3, -0.25) is 9.59 Å². The highest BCUT2D eigenvalue weighted by Gasteiger charge is 2.34. The molecule has 114 valence electrons. The lowest BCUT2D eigenvalue weighted by Gasteiger charge is -2.15. The number of carbonyl (C=O) groups excluding carboxylic acids is 2. The van der Waals surface area contributed by atoms with Crippen molar-refractivity contribution in [2.45, 2.75) is 13.0 Å². The van der Waals surface area contributed by atoms with Gasteiger partial charge in [0.2, 0.25) is 11.8 Å². The Hall–Kier alpha value is -2.27. The summed E-state index contributed by atoms with van der Waals surface area (Å²) in [5.41, 5.74) is 0.561. The molecule has 1 aromatic heterocycles. The first kappa shape index (κ1) is 14.7. The number of amides is 2. The van der Waals surface area contributed by atoms with E-state index in [4.69, 9.17) is 16.0 Å². The van der Waals surface area contributed by atoms with Crippen molar-refractivity contribution in [1.29, 1.82) is 0 Å². The Kier molecular flexibility index (Phi) is 4.15. The lowest BCUT2D eigenvalue weighted by atomic mass is 10.1. The van der Waals surface area contributed by atoms with E-state index in [9.17, 15) is 9.59 Å². The lowest BCUT2D eigenvalue weighted by molar-refractivity contribution is -0.128. The molecule has 22 heavy (non-hydrogen) atoms. The van der Waals surface area contributed by atoms with Crippen molar-refractivity contribution in [2.75, 3.05) is 11.9 Å². The van der Waals surface area contributed by atoms with Crippen LogP contribution in [0.4, 0.5) is 5.69 Å². The standard InChI is InChI=1S/C16H15ClN2O3/c17-13-5-1-2-6-14(13)18-16(21)11-8-15(20)19(9-11)10-12-4-3-7-22-12/h1-7,11H,8-10H2,(H,18,21)/t11-/m0/s1. The van der Waals surface area contributed by atoms with E-state index in [-0.39, 0.29) is 24.2 Å². The lowest BCUT2D eigenvalue weighted by Crippen LogP contribution is -2.27. The van der Waals surface area contributed by atoms with Crippen LogP contribution in [0.2, 0.25) is 5.02 Å². The minimum atomic E-state index is -0.376. The maximum absolute atomic E-state index is 12.3. The number of benzene rings is 1. The van der Waals surface area contributed by atoms with Crippen LogP contribution < -0.4 is 5.32 Å². The third kappa shape index (κ3) is 3.14. The van der Waals surface area contributed by atoms with Gasteiger partial charge in [-0.1, -0.05) is 23.7 Å². The second-order valence-corrected chi connectivity index (χ2v) is 5.63. The summed E-state index contributed by atoms with van der Waals surface area (Å²) in [5.74, 6) is 0.0957. The molecule has 1 aromatic carbocycles. The Labute approximate surface area is 132 Å². The Morgan fingerprint density at radius 1 is 1.32 bits per heavy atom. The van der Waals surface area contributed by atoms with Crippen LogP contribution in [0.3, 0.4) is 0 Å². The van der Waals surface area contributed by atoms with Gasteiger partial charge in [0.25, 0.3) is 0 Å². The van der Waals surface area contributed by atoms with Crippen molar-refractivity contribution in [1.82, 2.24) is 4.90 Å². The number of anilines is 1. The maximum atomic E-state index is 12.3. The van der Waals surface area contributed by atoms with E-state index < -0.39 is 0 Å². The molecular weight excluding hydrogens is 304 g/mol. The molecule has 1 saturated heterocycles. The highest BCUT2D eigenvalue weighted by Crippen LogP contribution is 2.25. The molecule has 1 N–H and O–H groups in total. The molecule has 1 atom stereocenters. The molecule has 6 heteroatoms. The molecule has 1 aliphatic heterocycles. The molecule has 1 fully saturated rings. The van der Waals surface area contributed by atoms with Gasteiger partial charge in [0, 0.05) is 13.0 Å². The number of nitrogens with zero attached hydrogens (tertiary/aromatic N) is 1. The summed E-state index contributed by atoms with van der Waals surface area (Å²) in [6.45, 7) is 0.775. The van der Waals surface area contributed by atoms with Crippen LogP contribution in [0.15, 0.2) is 47.1 Å². The molecule has 2 heterocycles. The maximum Gasteiger partial charge on any atom is 0.229 e. The second kappa shape index (κ2) is 6.23. The summed E-state index contributed by atoms with van der Waals surface area (Å²) in [7, 11) is 0. The topological polar surface area (TPSA) is 62.6 Å². The molecule has 0 spiro atoms. The van der Waals surface area contributed by atoms with Gasteiger partial charge >= 0.3 is 0 Å². The summed E-state index contributed by atoms with van der Waals surface area (Å²) < 4.78 is 5.24. The summed E-state index contributed by atoms with van der Waals surface area (Å²) in [6.07, 6.45) is 1.77. The third-order valence-electron chi connectivity index (χ3n) is 3.64. The quantitative estimate of drug-likeness (QED) is 0.942.